The molecule has 5 heterocycles. The molecule has 0 aromatic carbocycles. The third-order valence-electron chi connectivity index (χ3n) is 4.67. The van der Waals surface area contributed by atoms with Crippen LogP contribution in [-0.2, 0) is 18.7 Å². The van der Waals surface area contributed by atoms with Crippen molar-refractivity contribution in [2.75, 3.05) is 5.75 Å². The van der Waals surface area contributed by atoms with Crippen molar-refractivity contribution in [3.05, 3.63) is 70.9 Å². The second-order valence-corrected chi connectivity index (χ2v) is 8.70. The fraction of sp³-hybridized carbons (Fsp3) is 0.200. The van der Waals surface area contributed by atoms with E-state index in [4.69, 9.17) is 4.52 Å². The van der Waals surface area contributed by atoms with Crippen molar-refractivity contribution >= 4 is 29.0 Å². The van der Waals surface area contributed by atoms with Crippen molar-refractivity contribution in [1.82, 2.24) is 25.0 Å². The Morgan fingerprint density at radius 3 is 2.90 bits per heavy atom. The van der Waals surface area contributed by atoms with E-state index in [-0.39, 0.29) is 12.5 Å². The molecule has 0 radical (unpaired) electrons. The van der Waals surface area contributed by atoms with E-state index < -0.39 is 0 Å². The third kappa shape index (κ3) is 3.58. The topological polar surface area (TPSA) is 85.8 Å². The molecule has 29 heavy (non-hydrogen) atoms. The zero-order valence-electron chi connectivity index (χ0n) is 15.4. The van der Waals surface area contributed by atoms with Gasteiger partial charge in [0.2, 0.25) is 11.7 Å². The van der Waals surface area contributed by atoms with Crippen LogP contribution in [0, 0.1) is 0 Å². The number of amides is 1. The molecule has 9 heteroatoms. The summed E-state index contributed by atoms with van der Waals surface area (Å²) in [5.41, 5.74) is 2.74. The number of thioether (sulfide) groups is 1. The summed E-state index contributed by atoms with van der Waals surface area (Å²) >= 11 is 3.61. The third-order valence-corrected chi connectivity index (χ3v) is 7.09. The van der Waals surface area contributed by atoms with Gasteiger partial charge in [-0.05, 0) is 42.0 Å². The van der Waals surface area contributed by atoms with Gasteiger partial charge in [0.1, 0.15) is 5.00 Å². The van der Waals surface area contributed by atoms with E-state index in [0.717, 1.165) is 39.6 Å². The maximum absolute atomic E-state index is 13.1. The Balaban J connectivity index is 1.38. The molecule has 1 aliphatic heterocycles. The van der Waals surface area contributed by atoms with Crippen LogP contribution in [0.1, 0.15) is 26.7 Å². The Morgan fingerprint density at radius 1 is 1.24 bits per heavy atom. The van der Waals surface area contributed by atoms with Crippen molar-refractivity contribution < 1.29 is 9.32 Å². The summed E-state index contributed by atoms with van der Waals surface area (Å²) in [6.45, 7) is 0.182. The summed E-state index contributed by atoms with van der Waals surface area (Å²) in [4.78, 5) is 22.8. The monoisotopic (exact) mass is 423 g/mol. The van der Waals surface area contributed by atoms with Crippen LogP contribution in [-0.4, -0.2) is 31.4 Å². The van der Waals surface area contributed by atoms with Crippen LogP contribution in [0.4, 0.5) is 0 Å². The molecule has 0 saturated carbocycles. The number of rotatable bonds is 5. The first kappa shape index (κ1) is 18.1. The number of hydrogen-bond acceptors (Lipinski definition) is 7. The van der Waals surface area contributed by atoms with E-state index in [1.807, 2.05) is 53.0 Å². The first-order valence-corrected chi connectivity index (χ1v) is 11.1. The highest BCUT2D eigenvalue weighted by atomic mass is 32.2. The predicted molar refractivity (Wildman–Crippen MR) is 112 cm³/mol. The average Bonchev–Trinajstić information content (AvgIpc) is 3.52. The number of carbonyl (C=O) groups excluding carboxylic acids is 1. The fourth-order valence-corrected chi connectivity index (χ4v) is 5.74. The van der Waals surface area contributed by atoms with Gasteiger partial charge in [-0.15, -0.1) is 11.3 Å². The van der Waals surface area contributed by atoms with Crippen molar-refractivity contribution in [2.45, 2.75) is 18.7 Å². The molecule has 1 amide bonds. The van der Waals surface area contributed by atoms with Crippen LogP contribution < -0.4 is 5.32 Å². The van der Waals surface area contributed by atoms with E-state index >= 15 is 0 Å². The van der Waals surface area contributed by atoms with Gasteiger partial charge in [0.05, 0.1) is 12.1 Å². The second-order valence-electron chi connectivity index (χ2n) is 6.51. The number of aromatic nitrogens is 4. The quantitative estimate of drug-likeness (QED) is 0.527. The lowest BCUT2D eigenvalue weighted by atomic mass is 10.1. The summed E-state index contributed by atoms with van der Waals surface area (Å²) in [7, 11) is 0. The minimum atomic E-state index is -0.109. The molecule has 4 aromatic rings. The molecule has 7 nitrogen and oxygen atoms in total. The number of nitrogens with one attached hydrogen (secondary N) is 1. The normalized spacial score (nSPS) is 13.2. The van der Waals surface area contributed by atoms with E-state index in [0.29, 0.717) is 11.7 Å². The van der Waals surface area contributed by atoms with Gasteiger partial charge in [0.15, 0.2) is 0 Å². The summed E-state index contributed by atoms with van der Waals surface area (Å²) < 4.78 is 7.31. The van der Waals surface area contributed by atoms with E-state index in [1.54, 1.807) is 23.7 Å². The number of pyridine rings is 1. The maximum Gasteiger partial charge on any atom is 0.255 e. The van der Waals surface area contributed by atoms with Gasteiger partial charge < -0.3 is 14.4 Å². The Hall–Kier alpha value is -2.91. The van der Waals surface area contributed by atoms with Gasteiger partial charge in [-0.2, -0.15) is 16.7 Å². The van der Waals surface area contributed by atoms with Crippen LogP contribution in [0.3, 0.4) is 0 Å². The van der Waals surface area contributed by atoms with Crippen LogP contribution in [0.5, 0.6) is 0 Å². The number of nitrogens with zero attached hydrogens (tertiary/aromatic N) is 4. The largest absolute Gasteiger partial charge is 0.343 e. The van der Waals surface area contributed by atoms with Gasteiger partial charge in [-0.25, -0.2) is 0 Å². The highest BCUT2D eigenvalue weighted by Crippen LogP contribution is 2.38. The smallest absolute Gasteiger partial charge is 0.255 e. The average molecular weight is 424 g/mol. The molecule has 0 saturated heterocycles. The SMILES string of the molecule is O=C(NCc1nc(-c2ccncc2)no1)c1c(-n2cccc2)sc2c1CCSC2. The van der Waals surface area contributed by atoms with Crippen molar-refractivity contribution in [3.63, 3.8) is 0 Å². The predicted octanol–water partition coefficient (Wildman–Crippen LogP) is 3.70. The molecule has 1 aliphatic rings. The van der Waals surface area contributed by atoms with Crippen molar-refractivity contribution in [1.29, 1.82) is 0 Å². The minimum absolute atomic E-state index is 0.109. The van der Waals surface area contributed by atoms with E-state index in [2.05, 4.69) is 20.4 Å². The van der Waals surface area contributed by atoms with Crippen LogP contribution >= 0.6 is 23.1 Å². The van der Waals surface area contributed by atoms with Gasteiger partial charge in [0, 0.05) is 41.0 Å². The first-order chi connectivity index (χ1) is 14.3. The minimum Gasteiger partial charge on any atom is -0.343 e. The number of thiophene rings is 1. The van der Waals surface area contributed by atoms with Crippen molar-refractivity contribution in [3.8, 4) is 16.4 Å². The zero-order valence-corrected chi connectivity index (χ0v) is 17.0. The Bertz CT molecular complexity index is 1140. The van der Waals surface area contributed by atoms with Gasteiger partial charge in [0.25, 0.3) is 5.91 Å². The van der Waals surface area contributed by atoms with Gasteiger partial charge in [-0.1, -0.05) is 5.16 Å². The lowest BCUT2D eigenvalue weighted by Crippen LogP contribution is -2.25. The summed E-state index contributed by atoms with van der Waals surface area (Å²) in [6.07, 6.45) is 8.20. The van der Waals surface area contributed by atoms with Crippen molar-refractivity contribution in [2.24, 2.45) is 0 Å². The maximum atomic E-state index is 13.1. The first-order valence-electron chi connectivity index (χ1n) is 9.16. The number of carbonyl (C=O) groups is 1. The molecule has 0 atom stereocenters. The molecule has 1 N–H and O–H groups in total. The van der Waals surface area contributed by atoms with Crippen LogP contribution in [0.2, 0.25) is 0 Å². The summed E-state index contributed by atoms with van der Waals surface area (Å²) in [5.74, 6) is 2.73. The Morgan fingerprint density at radius 2 is 2.07 bits per heavy atom. The highest BCUT2D eigenvalue weighted by Gasteiger charge is 2.26. The van der Waals surface area contributed by atoms with E-state index in [1.165, 1.54) is 4.88 Å². The Labute approximate surface area is 175 Å². The zero-order chi connectivity index (χ0) is 19.6. The molecule has 146 valence electrons. The van der Waals surface area contributed by atoms with Crippen LogP contribution in [0.15, 0.2) is 53.6 Å². The molecule has 0 spiro atoms. The second kappa shape index (κ2) is 7.84. The standard InChI is InChI=1S/C20H17N5O2S2/c26-19(22-11-16-23-18(24-27-16)13-3-6-21-7-4-13)17-14-5-10-28-12-15(14)29-20(17)25-8-1-2-9-25/h1-4,6-9H,5,10-12H2,(H,22,26). The molecule has 4 aromatic heterocycles. The molecule has 0 fully saturated rings. The molecule has 0 aliphatic carbocycles. The Kier molecular flexibility index (Phi) is 4.91. The fourth-order valence-electron chi connectivity index (χ4n) is 3.29. The van der Waals surface area contributed by atoms with Gasteiger partial charge >= 0.3 is 0 Å². The van der Waals surface area contributed by atoms with E-state index in [9.17, 15) is 4.79 Å². The summed E-state index contributed by atoms with van der Waals surface area (Å²) in [5, 5.41) is 7.90. The lowest BCUT2D eigenvalue weighted by molar-refractivity contribution is 0.0946. The highest BCUT2D eigenvalue weighted by molar-refractivity contribution is 7.98. The molecular formula is C20H17N5O2S2. The number of hydrogen-bond donors (Lipinski definition) is 1. The molecule has 5 rings (SSSR count). The number of fused-ring (bicyclic) bond motifs is 1. The molecular weight excluding hydrogens is 406 g/mol. The lowest BCUT2D eigenvalue weighted by Gasteiger charge is -2.12. The van der Waals surface area contributed by atoms with Crippen LogP contribution in [0.25, 0.3) is 16.4 Å². The summed E-state index contributed by atoms with van der Waals surface area (Å²) in [6, 6.07) is 7.56. The van der Waals surface area contributed by atoms with Gasteiger partial charge in [-0.3, -0.25) is 9.78 Å². The molecule has 0 bridgehead atoms. The molecule has 0 unspecified atom stereocenters.